The summed E-state index contributed by atoms with van der Waals surface area (Å²) in [7, 11) is 0. The van der Waals surface area contributed by atoms with Crippen LogP contribution in [0, 0.1) is 0 Å². The fraction of sp³-hybridized carbons (Fsp3) is 0.708. The Morgan fingerprint density at radius 1 is 1.00 bits per heavy atom. The van der Waals surface area contributed by atoms with Crippen molar-refractivity contribution < 1.29 is 14.6 Å². The first-order chi connectivity index (χ1) is 14.1. The molecule has 0 amide bonds. The number of hydrogen-bond acceptors (Lipinski definition) is 4. The first-order valence-corrected chi connectivity index (χ1v) is 11.5. The molecule has 29 heavy (non-hydrogen) atoms. The summed E-state index contributed by atoms with van der Waals surface area (Å²) in [5.41, 5.74) is 1.24. The zero-order valence-electron chi connectivity index (χ0n) is 18.4. The van der Waals surface area contributed by atoms with Crippen molar-refractivity contribution in [1.82, 2.24) is 4.90 Å². The zero-order valence-corrected chi connectivity index (χ0v) is 18.4. The van der Waals surface area contributed by atoms with Crippen LogP contribution in [-0.4, -0.2) is 54.8 Å². The summed E-state index contributed by atoms with van der Waals surface area (Å²) in [5, 5.41) is 8.76. The molecular weight excluding hydrogens is 364 g/mol. The summed E-state index contributed by atoms with van der Waals surface area (Å²) in [6, 6.07) is 8.50. The summed E-state index contributed by atoms with van der Waals surface area (Å²) in [5.74, 6) is 0.256. The van der Waals surface area contributed by atoms with E-state index < -0.39 is 5.97 Å². The molecule has 1 fully saturated rings. The number of piperazine rings is 1. The van der Waals surface area contributed by atoms with Gasteiger partial charge >= 0.3 is 5.97 Å². The molecule has 1 heterocycles. The van der Waals surface area contributed by atoms with Crippen LogP contribution in [0.5, 0.6) is 5.75 Å². The van der Waals surface area contributed by atoms with Gasteiger partial charge in [0.25, 0.3) is 0 Å². The van der Waals surface area contributed by atoms with Crippen molar-refractivity contribution in [1.29, 1.82) is 0 Å². The fourth-order valence-corrected chi connectivity index (χ4v) is 3.92. The molecule has 5 heteroatoms. The molecule has 1 saturated heterocycles. The number of ether oxygens (including phenoxy) is 1. The minimum absolute atomic E-state index is 0.263. The van der Waals surface area contributed by atoms with Crippen molar-refractivity contribution in [3.8, 4) is 5.75 Å². The summed E-state index contributed by atoms with van der Waals surface area (Å²) in [6.07, 6.45) is 10.3. The molecule has 2 rings (SSSR count). The normalized spacial score (nSPS) is 16.0. The highest BCUT2D eigenvalue weighted by Crippen LogP contribution is 2.22. The standard InChI is InChI=1S/C24H40N2O3/c1-3-4-5-6-7-8-10-21(2)29-23-14-12-22(13-15-23)26-19-17-25(18-20-26)16-9-11-24(27)28/h12-15,21H,3-11,16-20H2,1-2H3,(H,27,28). The molecule has 5 nitrogen and oxygen atoms in total. The average Bonchev–Trinajstić information content (AvgIpc) is 2.71. The van der Waals surface area contributed by atoms with Crippen molar-refractivity contribution in [2.24, 2.45) is 0 Å². The lowest BCUT2D eigenvalue weighted by atomic mass is 10.1. The van der Waals surface area contributed by atoms with E-state index in [1.807, 2.05) is 0 Å². The fourth-order valence-electron chi connectivity index (χ4n) is 3.92. The Bertz CT molecular complexity index is 568. The monoisotopic (exact) mass is 404 g/mol. The van der Waals surface area contributed by atoms with Gasteiger partial charge in [0, 0.05) is 38.3 Å². The van der Waals surface area contributed by atoms with Gasteiger partial charge in [0.2, 0.25) is 0 Å². The molecule has 0 aliphatic carbocycles. The number of carboxylic acids is 1. The Morgan fingerprint density at radius 3 is 2.31 bits per heavy atom. The summed E-state index contributed by atoms with van der Waals surface area (Å²) in [4.78, 5) is 15.4. The zero-order chi connectivity index (χ0) is 20.9. The van der Waals surface area contributed by atoms with Crippen LogP contribution in [0.15, 0.2) is 24.3 Å². The third-order valence-electron chi connectivity index (χ3n) is 5.74. The van der Waals surface area contributed by atoms with Gasteiger partial charge in [-0.25, -0.2) is 0 Å². The van der Waals surface area contributed by atoms with E-state index in [4.69, 9.17) is 9.84 Å². The van der Waals surface area contributed by atoms with Gasteiger partial charge in [-0.3, -0.25) is 9.69 Å². The molecule has 1 aliphatic rings. The molecule has 0 saturated carbocycles. The lowest BCUT2D eigenvalue weighted by Crippen LogP contribution is -2.46. The molecule has 0 radical (unpaired) electrons. The van der Waals surface area contributed by atoms with Crippen molar-refractivity contribution in [2.45, 2.75) is 77.7 Å². The SMILES string of the molecule is CCCCCCCCC(C)Oc1ccc(N2CCN(CCCC(=O)O)CC2)cc1. The van der Waals surface area contributed by atoms with Gasteiger partial charge in [0.05, 0.1) is 6.10 Å². The Labute approximate surface area is 177 Å². The van der Waals surface area contributed by atoms with Crippen molar-refractivity contribution >= 4 is 11.7 Å². The topological polar surface area (TPSA) is 53.0 Å². The van der Waals surface area contributed by atoms with Crippen LogP contribution < -0.4 is 9.64 Å². The molecule has 1 aromatic carbocycles. The van der Waals surface area contributed by atoms with Gasteiger partial charge in [-0.15, -0.1) is 0 Å². The van der Waals surface area contributed by atoms with Gasteiger partial charge in [-0.2, -0.15) is 0 Å². The van der Waals surface area contributed by atoms with Crippen molar-refractivity contribution in [3.05, 3.63) is 24.3 Å². The number of aliphatic carboxylic acids is 1. The number of hydrogen-bond donors (Lipinski definition) is 1. The van der Waals surface area contributed by atoms with Gasteiger partial charge in [-0.05, 0) is 57.0 Å². The number of benzene rings is 1. The van der Waals surface area contributed by atoms with Crippen LogP contribution in [-0.2, 0) is 4.79 Å². The van der Waals surface area contributed by atoms with Crippen LogP contribution in [0.25, 0.3) is 0 Å². The van der Waals surface area contributed by atoms with Crippen LogP contribution in [0.4, 0.5) is 5.69 Å². The van der Waals surface area contributed by atoms with Crippen LogP contribution in [0.3, 0.4) is 0 Å². The van der Waals surface area contributed by atoms with Gasteiger partial charge in [0.15, 0.2) is 0 Å². The van der Waals surface area contributed by atoms with Crippen molar-refractivity contribution in [3.63, 3.8) is 0 Å². The Hall–Kier alpha value is -1.75. The first-order valence-electron chi connectivity index (χ1n) is 11.5. The van der Waals surface area contributed by atoms with E-state index in [1.54, 1.807) is 0 Å². The minimum atomic E-state index is -0.702. The molecule has 1 N–H and O–H groups in total. The number of anilines is 1. The second kappa shape index (κ2) is 13.5. The quantitative estimate of drug-likeness (QED) is 0.432. The molecular formula is C24H40N2O3. The second-order valence-corrected chi connectivity index (χ2v) is 8.30. The minimum Gasteiger partial charge on any atom is -0.491 e. The van der Waals surface area contributed by atoms with E-state index in [0.29, 0.717) is 0 Å². The van der Waals surface area contributed by atoms with E-state index in [2.05, 4.69) is 47.9 Å². The molecule has 164 valence electrons. The number of unbranched alkanes of at least 4 members (excludes halogenated alkanes) is 5. The molecule has 1 unspecified atom stereocenters. The first kappa shape index (κ1) is 23.5. The number of nitrogens with zero attached hydrogens (tertiary/aromatic N) is 2. The molecule has 0 spiro atoms. The van der Waals surface area contributed by atoms with E-state index in [-0.39, 0.29) is 12.5 Å². The highest BCUT2D eigenvalue weighted by molar-refractivity contribution is 5.66. The van der Waals surface area contributed by atoms with Crippen LogP contribution in [0.2, 0.25) is 0 Å². The van der Waals surface area contributed by atoms with Gasteiger partial charge in [-0.1, -0.05) is 39.0 Å². The van der Waals surface area contributed by atoms with E-state index in [1.165, 1.54) is 44.2 Å². The maximum atomic E-state index is 10.6. The van der Waals surface area contributed by atoms with E-state index >= 15 is 0 Å². The summed E-state index contributed by atoms with van der Waals surface area (Å²) < 4.78 is 6.09. The third kappa shape index (κ3) is 9.53. The van der Waals surface area contributed by atoms with Crippen LogP contribution in [0.1, 0.15) is 71.6 Å². The third-order valence-corrected chi connectivity index (χ3v) is 5.74. The second-order valence-electron chi connectivity index (χ2n) is 8.30. The van der Waals surface area contributed by atoms with E-state index in [9.17, 15) is 4.79 Å². The smallest absolute Gasteiger partial charge is 0.303 e. The number of rotatable bonds is 14. The molecule has 1 atom stereocenters. The Morgan fingerprint density at radius 2 is 1.66 bits per heavy atom. The highest BCUT2D eigenvalue weighted by Gasteiger charge is 2.17. The number of carboxylic acid groups (broad SMARTS) is 1. The lowest BCUT2D eigenvalue weighted by Gasteiger charge is -2.36. The molecule has 1 aromatic rings. The Kier molecular flexibility index (Phi) is 10.9. The Balaban J connectivity index is 1.65. The van der Waals surface area contributed by atoms with Gasteiger partial charge < -0.3 is 14.7 Å². The van der Waals surface area contributed by atoms with Gasteiger partial charge in [0.1, 0.15) is 5.75 Å². The average molecular weight is 405 g/mol. The van der Waals surface area contributed by atoms with Crippen molar-refractivity contribution in [2.75, 3.05) is 37.6 Å². The maximum absolute atomic E-state index is 10.6. The molecule has 0 bridgehead atoms. The summed E-state index contributed by atoms with van der Waals surface area (Å²) >= 11 is 0. The predicted molar refractivity (Wildman–Crippen MR) is 120 cm³/mol. The van der Waals surface area contributed by atoms with Crippen LogP contribution >= 0.6 is 0 Å². The predicted octanol–water partition coefficient (Wildman–Crippen LogP) is 5.19. The maximum Gasteiger partial charge on any atom is 0.303 e. The molecule has 1 aliphatic heterocycles. The molecule has 0 aromatic heterocycles. The summed E-state index contributed by atoms with van der Waals surface area (Å²) in [6.45, 7) is 9.27. The highest BCUT2D eigenvalue weighted by atomic mass is 16.5. The number of carbonyl (C=O) groups is 1. The lowest BCUT2D eigenvalue weighted by molar-refractivity contribution is -0.137. The van der Waals surface area contributed by atoms with E-state index in [0.717, 1.165) is 51.3 Å². The largest absolute Gasteiger partial charge is 0.491 e.